The first-order valence-electron chi connectivity index (χ1n) is 19.8. The molecule has 1 aliphatic heterocycles. The van der Waals surface area contributed by atoms with Crippen molar-refractivity contribution in [3.63, 3.8) is 0 Å². The van der Waals surface area contributed by atoms with Crippen LogP contribution in [0.1, 0.15) is 78.7 Å². The molecular formula is C43H54N2O16. The van der Waals surface area contributed by atoms with Crippen LogP contribution in [0.4, 0.5) is 5.69 Å². The number of unbranched alkanes of at least 4 members (excludes halogenated alkanes) is 5. The molecule has 18 heteroatoms. The van der Waals surface area contributed by atoms with Crippen LogP contribution in [0.25, 0.3) is 17.0 Å². The highest BCUT2D eigenvalue weighted by Gasteiger charge is 2.53. The summed E-state index contributed by atoms with van der Waals surface area (Å²) in [6, 6.07) is 7.75. The Morgan fingerprint density at radius 2 is 1.41 bits per heavy atom. The first-order chi connectivity index (χ1) is 29.1. The molecule has 1 aromatic heterocycles. The Bertz CT molecular complexity index is 2120. The van der Waals surface area contributed by atoms with E-state index in [0.717, 1.165) is 59.8 Å². The second kappa shape index (κ2) is 22.3. The maximum atomic E-state index is 13.1. The average molecular weight is 855 g/mol. The van der Waals surface area contributed by atoms with Crippen molar-refractivity contribution in [2.24, 2.45) is 7.05 Å². The molecule has 1 fully saturated rings. The molecule has 0 radical (unpaired) electrons. The molecule has 2 N–H and O–H groups in total. The number of hydrogen-bond acceptors (Lipinski definition) is 16. The van der Waals surface area contributed by atoms with Gasteiger partial charge in [-0.2, -0.15) is 0 Å². The Morgan fingerprint density at radius 3 is 2.02 bits per heavy atom. The predicted molar refractivity (Wildman–Crippen MR) is 220 cm³/mol. The van der Waals surface area contributed by atoms with E-state index in [4.69, 9.17) is 42.6 Å². The van der Waals surface area contributed by atoms with Gasteiger partial charge in [0, 0.05) is 51.9 Å². The Hall–Kier alpha value is -6.30. The fraction of sp³-hybridized carbons (Fsp3) is 0.488. The van der Waals surface area contributed by atoms with Gasteiger partial charge in [-0.1, -0.05) is 39.0 Å². The number of amides is 1. The van der Waals surface area contributed by atoms with E-state index in [1.807, 2.05) is 0 Å². The van der Waals surface area contributed by atoms with Crippen molar-refractivity contribution < 1.29 is 71.7 Å². The van der Waals surface area contributed by atoms with Gasteiger partial charge in [0.1, 0.15) is 12.7 Å². The van der Waals surface area contributed by atoms with Gasteiger partial charge in [0.05, 0.1) is 26.3 Å². The van der Waals surface area contributed by atoms with Gasteiger partial charge in [-0.15, -0.1) is 0 Å². The minimum Gasteiger partial charge on any atom is -0.504 e. The van der Waals surface area contributed by atoms with Gasteiger partial charge >= 0.3 is 23.9 Å². The van der Waals surface area contributed by atoms with Crippen molar-refractivity contribution in [2.75, 3.05) is 32.8 Å². The van der Waals surface area contributed by atoms with E-state index in [2.05, 4.69) is 12.2 Å². The quantitative estimate of drug-likeness (QED) is 0.0652. The van der Waals surface area contributed by atoms with Crippen LogP contribution in [-0.4, -0.2) is 97.6 Å². The van der Waals surface area contributed by atoms with Crippen molar-refractivity contribution in [3.05, 3.63) is 52.3 Å². The zero-order chi connectivity index (χ0) is 44.8. The number of ether oxygens (including phenoxy) is 9. The summed E-state index contributed by atoms with van der Waals surface area (Å²) < 4.78 is 52.1. The van der Waals surface area contributed by atoms with Crippen LogP contribution in [0.5, 0.6) is 28.7 Å². The Labute approximate surface area is 352 Å². The number of nitrogens with zero attached hydrogens (tertiary/aromatic N) is 1. The number of anilines is 1. The standard InChI is InChI=1S/C43H54N2O16/c1-9-10-11-12-13-14-19-55-39-36(51)30-17-16-29(22-31(30)45(6)42(39)52)44-35(50)18-15-28-20-32(53-7)37(33(21-28)54-8)61-43-41(59-27(5)49)40(58-26(4)48)38(57-25(3)47)34(60-43)23-56-24(2)46/h15-18,20-22,34,38,40-41,43,51H,9-14,19,23H2,1-8H3,(H,44,50)/t34-,38-,40+,41+,43-/m1/s1. The number of aryl methyl sites for hydroxylation is 1. The Morgan fingerprint density at radius 1 is 0.803 bits per heavy atom. The lowest BCUT2D eigenvalue weighted by molar-refractivity contribution is -0.288. The number of benzene rings is 2. The third kappa shape index (κ3) is 12.8. The van der Waals surface area contributed by atoms with E-state index in [1.54, 1.807) is 25.2 Å². The van der Waals surface area contributed by atoms with E-state index in [0.29, 0.717) is 28.8 Å². The zero-order valence-electron chi connectivity index (χ0n) is 35.6. The summed E-state index contributed by atoms with van der Waals surface area (Å²) in [5.41, 5.74) is 0.625. The average Bonchev–Trinajstić information content (AvgIpc) is 3.20. The van der Waals surface area contributed by atoms with Crippen molar-refractivity contribution in [2.45, 2.75) is 104 Å². The lowest BCUT2D eigenvalue weighted by Crippen LogP contribution is -2.63. The maximum Gasteiger partial charge on any atom is 0.303 e. The lowest BCUT2D eigenvalue weighted by atomic mass is 9.98. The van der Waals surface area contributed by atoms with Gasteiger partial charge < -0.3 is 57.6 Å². The molecule has 18 nitrogen and oxygen atoms in total. The molecule has 0 saturated carbocycles. The summed E-state index contributed by atoms with van der Waals surface area (Å²) in [7, 11) is 4.23. The second-order valence-corrected chi connectivity index (χ2v) is 14.2. The number of aromatic nitrogens is 1. The minimum absolute atomic E-state index is 0.0616. The molecule has 0 bridgehead atoms. The molecule has 5 atom stereocenters. The van der Waals surface area contributed by atoms with Gasteiger partial charge in [-0.05, 0) is 48.4 Å². The van der Waals surface area contributed by atoms with E-state index in [-0.39, 0.29) is 28.7 Å². The number of esters is 4. The highest BCUT2D eigenvalue weighted by atomic mass is 16.7. The highest BCUT2D eigenvalue weighted by Crippen LogP contribution is 2.42. The van der Waals surface area contributed by atoms with Crippen LogP contribution in [0.3, 0.4) is 0 Å². The molecule has 0 unspecified atom stereocenters. The summed E-state index contributed by atoms with van der Waals surface area (Å²) in [6.45, 7) is 6.45. The molecule has 2 aromatic carbocycles. The second-order valence-electron chi connectivity index (χ2n) is 14.2. The Balaban J connectivity index is 1.56. The normalized spacial score (nSPS) is 18.5. The van der Waals surface area contributed by atoms with Gasteiger partial charge in [0.15, 0.2) is 29.5 Å². The van der Waals surface area contributed by atoms with Gasteiger partial charge in [0.2, 0.25) is 29.8 Å². The minimum atomic E-state index is -1.58. The number of methoxy groups -OCH3 is 2. The number of aromatic hydroxyl groups is 1. The number of nitrogens with one attached hydrogen (secondary N) is 1. The molecule has 2 heterocycles. The number of hydrogen-bond donors (Lipinski definition) is 2. The fourth-order valence-electron chi connectivity index (χ4n) is 6.63. The molecule has 61 heavy (non-hydrogen) atoms. The number of carbonyl (C=O) groups is 5. The largest absolute Gasteiger partial charge is 0.504 e. The van der Waals surface area contributed by atoms with Crippen molar-refractivity contribution in [3.8, 4) is 28.7 Å². The molecule has 0 aliphatic carbocycles. The highest BCUT2D eigenvalue weighted by molar-refractivity contribution is 6.03. The lowest BCUT2D eigenvalue weighted by Gasteiger charge is -2.44. The number of rotatable bonds is 20. The maximum absolute atomic E-state index is 13.1. The summed E-state index contributed by atoms with van der Waals surface area (Å²) in [6.07, 6.45) is 1.74. The van der Waals surface area contributed by atoms with E-state index < -0.39 is 72.7 Å². The van der Waals surface area contributed by atoms with Gasteiger partial charge in [0.25, 0.3) is 5.56 Å². The Kier molecular flexibility index (Phi) is 17.4. The molecule has 0 spiro atoms. The van der Waals surface area contributed by atoms with E-state index >= 15 is 0 Å². The first-order valence-corrected chi connectivity index (χ1v) is 19.8. The third-order valence-electron chi connectivity index (χ3n) is 9.43. The van der Waals surface area contributed by atoms with Crippen LogP contribution in [0.15, 0.2) is 41.2 Å². The van der Waals surface area contributed by atoms with Crippen LogP contribution in [0, 0.1) is 0 Å². The summed E-state index contributed by atoms with van der Waals surface area (Å²) in [5.74, 6) is -3.96. The van der Waals surface area contributed by atoms with Crippen LogP contribution in [-0.2, 0) is 54.7 Å². The van der Waals surface area contributed by atoms with Gasteiger partial charge in [-0.3, -0.25) is 28.8 Å². The van der Waals surface area contributed by atoms with Crippen molar-refractivity contribution >= 4 is 52.5 Å². The zero-order valence-corrected chi connectivity index (χ0v) is 35.6. The number of pyridine rings is 1. The smallest absolute Gasteiger partial charge is 0.303 e. The first kappa shape index (κ1) is 47.4. The molecule has 1 aliphatic rings. The summed E-state index contributed by atoms with van der Waals surface area (Å²) in [5, 5.41) is 14.1. The molecule has 1 saturated heterocycles. The van der Waals surface area contributed by atoms with Crippen molar-refractivity contribution in [1.29, 1.82) is 0 Å². The molecule has 4 rings (SSSR count). The summed E-state index contributed by atoms with van der Waals surface area (Å²) >= 11 is 0. The SMILES string of the molecule is CCCCCCCCOc1c(O)c2ccc(NC(=O)C=Cc3cc(OC)c(O[C@H]4O[C@H](COC(C)=O)[C@@H](OC(C)=O)[C@H](OC(C)=O)[C@@H]4OC(C)=O)c(OC)c3)cc2n(C)c1=O. The summed E-state index contributed by atoms with van der Waals surface area (Å²) in [4.78, 5) is 74.7. The number of carbonyl (C=O) groups excluding carboxylic acids is 5. The molecule has 1 amide bonds. The number of fused-ring (bicyclic) bond motifs is 1. The van der Waals surface area contributed by atoms with E-state index in [1.165, 1.54) is 49.5 Å². The predicted octanol–water partition coefficient (Wildman–Crippen LogP) is 5.11. The van der Waals surface area contributed by atoms with E-state index in [9.17, 15) is 33.9 Å². The topological polar surface area (TPSA) is 223 Å². The molecule has 332 valence electrons. The third-order valence-corrected chi connectivity index (χ3v) is 9.43. The molecule has 3 aromatic rings. The van der Waals surface area contributed by atoms with Crippen molar-refractivity contribution in [1.82, 2.24) is 4.57 Å². The monoisotopic (exact) mass is 854 g/mol. The van der Waals surface area contributed by atoms with Crippen LogP contribution >= 0.6 is 0 Å². The fourth-order valence-corrected chi connectivity index (χ4v) is 6.63. The van der Waals surface area contributed by atoms with Crippen LogP contribution < -0.4 is 29.8 Å². The molecular weight excluding hydrogens is 800 g/mol. The van der Waals surface area contributed by atoms with Gasteiger partial charge in [-0.25, -0.2) is 0 Å². The van der Waals surface area contributed by atoms with Crippen LogP contribution in [0.2, 0.25) is 0 Å².